The molecule has 31 heavy (non-hydrogen) atoms. The topological polar surface area (TPSA) is 75.7 Å². The van der Waals surface area contributed by atoms with E-state index in [9.17, 15) is 14.4 Å². The molecule has 2 aromatic carbocycles. The van der Waals surface area contributed by atoms with Gasteiger partial charge in [-0.05, 0) is 54.8 Å². The SMILES string of the molecule is CCCCc1ccc(NC(=O)CCSC2CC(=O)N(c3ccc(OC)cc3)C2=O)cc1. The summed E-state index contributed by atoms with van der Waals surface area (Å²) in [6.45, 7) is 2.16. The fourth-order valence-corrected chi connectivity index (χ4v) is 4.49. The van der Waals surface area contributed by atoms with Crippen molar-refractivity contribution in [3.8, 4) is 5.75 Å². The maximum atomic E-state index is 12.7. The summed E-state index contributed by atoms with van der Waals surface area (Å²) < 4.78 is 5.12. The first kappa shape index (κ1) is 22.9. The molecular formula is C24H28N2O4S. The maximum absolute atomic E-state index is 12.7. The molecule has 1 saturated heterocycles. The molecule has 1 aliphatic rings. The van der Waals surface area contributed by atoms with E-state index >= 15 is 0 Å². The van der Waals surface area contributed by atoms with Crippen LogP contribution in [-0.2, 0) is 20.8 Å². The molecule has 0 radical (unpaired) electrons. The van der Waals surface area contributed by atoms with E-state index in [0.29, 0.717) is 17.2 Å². The van der Waals surface area contributed by atoms with Crippen LogP contribution >= 0.6 is 11.8 Å². The summed E-state index contributed by atoms with van der Waals surface area (Å²) >= 11 is 1.35. The van der Waals surface area contributed by atoms with E-state index in [1.54, 1.807) is 31.4 Å². The standard InChI is InChI=1S/C24H28N2O4S/c1-3-4-5-17-6-8-18(9-7-17)25-22(27)14-15-31-21-16-23(28)26(24(21)29)19-10-12-20(30-2)13-11-19/h6-13,21H,3-5,14-16H2,1-2H3,(H,25,27). The Morgan fingerprint density at radius 3 is 2.48 bits per heavy atom. The fourth-order valence-electron chi connectivity index (χ4n) is 3.39. The Hall–Kier alpha value is -2.80. The van der Waals surface area contributed by atoms with Gasteiger partial charge in [-0.25, -0.2) is 4.90 Å². The monoisotopic (exact) mass is 440 g/mol. The van der Waals surface area contributed by atoms with Gasteiger partial charge in [-0.15, -0.1) is 11.8 Å². The number of ether oxygens (including phenoxy) is 1. The fraction of sp³-hybridized carbons (Fsp3) is 0.375. The molecule has 2 aromatic rings. The molecule has 0 aliphatic carbocycles. The molecule has 1 unspecified atom stereocenters. The zero-order valence-corrected chi connectivity index (χ0v) is 18.7. The number of aryl methyl sites for hydroxylation is 1. The third kappa shape index (κ3) is 6.10. The van der Waals surface area contributed by atoms with Gasteiger partial charge in [0.15, 0.2) is 0 Å². The van der Waals surface area contributed by atoms with E-state index in [-0.39, 0.29) is 30.6 Å². The Morgan fingerprint density at radius 2 is 1.84 bits per heavy atom. The summed E-state index contributed by atoms with van der Waals surface area (Å²) in [7, 11) is 1.56. The number of hydrogen-bond donors (Lipinski definition) is 1. The highest BCUT2D eigenvalue weighted by molar-refractivity contribution is 8.00. The van der Waals surface area contributed by atoms with Crippen LogP contribution in [0.4, 0.5) is 11.4 Å². The van der Waals surface area contributed by atoms with Crippen molar-refractivity contribution in [2.45, 2.75) is 44.3 Å². The molecule has 1 atom stereocenters. The van der Waals surface area contributed by atoms with E-state index in [1.165, 1.54) is 22.2 Å². The Bertz CT molecular complexity index is 912. The Balaban J connectivity index is 1.46. The van der Waals surface area contributed by atoms with Crippen LogP contribution in [0.2, 0.25) is 0 Å². The zero-order valence-electron chi connectivity index (χ0n) is 17.9. The summed E-state index contributed by atoms with van der Waals surface area (Å²) in [5.41, 5.74) is 2.58. The number of carbonyl (C=O) groups is 3. The summed E-state index contributed by atoms with van der Waals surface area (Å²) in [6.07, 6.45) is 3.78. The van der Waals surface area contributed by atoms with E-state index in [1.807, 2.05) is 24.3 Å². The lowest BCUT2D eigenvalue weighted by molar-refractivity contribution is -0.121. The van der Waals surface area contributed by atoms with Gasteiger partial charge in [0.05, 0.1) is 18.0 Å². The number of unbranched alkanes of at least 4 members (excludes halogenated alkanes) is 1. The van der Waals surface area contributed by atoms with Crippen molar-refractivity contribution in [1.29, 1.82) is 0 Å². The lowest BCUT2D eigenvalue weighted by atomic mass is 10.1. The molecule has 6 nitrogen and oxygen atoms in total. The van der Waals surface area contributed by atoms with Crippen LogP contribution < -0.4 is 15.0 Å². The van der Waals surface area contributed by atoms with Crippen molar-refractivity contribution in [3.63, 3.8) is 0 Å². The molecule has 1 heterocycles. The molecule has 1 aliphatic heterocycles. The summed E-state index contributed by atoms with van der Waals surface area (Å²) in [6, 6.07) is 14.7. The number of amides is 3. The first-order chi connectivity index (χ1) is 15.0. The van der Waals surface area contributed by atoms with Crippen molar-refractivity contribution in [2.24, 2.45) is 0 Å². The summed E-state index contributed by atoms with van der Waals surface area (Å²) in [5, 5.41) is 2.43. The van der Waals surface area contributed by atoms with Gasteiger partial charge < -0.3 is 10.1 Å². The summed E-state index contributed by atoms with van der Waals surface area (Å²) in [5.74, 6) is 0.581. The highest BCUT2D eigenvalue weighted by Gasteiger charge is 2.39. The van der Waals surface area contributed by atoms with Gasteiger partial charge in [-0.1, -0.05) is 25.5 Å². The van der Waals surface area contributed by atoms with Crippen LogP contribution in [-0.4, -0.2) is 35.8 Å². The van der Waals surface area contributed by atoms with Crippen LogP contribution in [0.15, 0.2) is 48.5 Å². The van der Waals surface area contributed by atoms with E-state index < -0.39 is 5.25 Å². The highest BCUT2D eigenvalue weighted by Crippen LogP contribution is 2.31. The average molecular weight is 441 g/mol. The molecule has 3 amide bonds. The van der Waals surface area contributed by atoms with Gasteiger partial charge in [0.25, 0.3) is 0 Å². The largest absolute Gasteiger partial charge is 0.497 e. The van der Waals surface area contributed by atoms with Crippen molar-refractivity contribution < 1.29 is 19.1 Å². The molecule has 0 spiro atoms. The van der Waals surface area contributed by atoms with Crippen molar-refractivity contribution >= 4 is 40.9 Å². The van der Waals surface area contributed by atoms with Crippen LogP contribution in [0.25, 0.3) is 0 Å². The van der Waals surface area contributed by atoms with Gasteiger partial charge in [-0.3, -0.25) is 14.4 Å². The van der Waals surface area contributed by atoms with E-state index in [0.717, 1.165) is 24.9 Å². The summed E-state index contributed by atoms with van der Waals surface area (Å²) in [4.78, 5) is 38.5. The van der Waals surface area contributed by atoms with Gasteiger partial charge in [0, 0.05) is 24.3 Å². The lowest BCUT2D eigenvalue weighted by Crippen LogP contribution is -2.31. The average Bonchev–Trinajstić information content (AvgIpc) is 3.06. The predicted octanol–water partition coefficient (Wildman–Crippen LogP) is 4.43. The predicted molar refractivity (Wildman–Crippen MR) is 125 cm³/mol. The molecule has 0 aromatic heterocycles. The second-order valence-corrected chi connectivity index (χ2v) is 8.74. The normalized spacial score (nSPS) is 15.9. The Labute approximate surface area is 187 Å². The number of imide groups is 1. The highest BCUT2D eigenvalue weighted by atomic mass is 32.2. The smallest absolute Gasteiger partial charge is 0.247 e. The number of thioether (sulfide) groups is 1. The molecular weight excluding hydrogens is 412 g/mol. The maximum Gasteiger partial charge on any atom is 0.247 e. The number of nitrogens with zero attached hydrogens (tertiary/aromatic N) is 1. The molecule has 164 valence electrons. The quantitative estimate of drug-likeness (QED) is 0.553. The molecule has 7 heteroatoms. The first-order valence-electron chi connectivity index (χ1n) is 10.5. The van der Waals surface area contributed by atoms with Crippen LogP contribution in [0.1, 0.15) is 38.2 Å². The van der Waals surface area contributed by atoms with Crippen molar-refractivity contribution in [2.75, 3.05) is 23.1 Å². The van der Waals surface area contributed by atoms with Crippen LogP contribution in [0.5, 0.6) is 5.75 Å². The molecule has 0 bridgehead atoms. The van der Waals surface area contributed by atoms with Gasteiger partial charge in [0.1, 0.15) is 5.75 Å². The minimum absolute atomic E-state index is 0.0995. The van der Waals surface area contributed by atoms with Gasteiger partial charge >= 0.3 is 0 Å². The lowest BCUT2D eigenvalue weighted by Gasteiger charge is -2.15. The zero-order chi connectivity index (χ0) is 22.2. The minimum atomic E-state index is -0.458. The van der Waals surface area contributed by atoms with Gasteiger partial charge in [0.2, 0.25) is 17.7 Å². The van der Waals surface area contributed by atoms with Gasteiger partial charge in [-0.2, -0.15) is 0 Å². The number of benzene rings is 2. The number of nitrogens with one attached hydrogen (secondary N) is 1. The minimum Gasteiger partial charge on any atom is -0.497 e. The van der Waals surface area contributed by atoms with Crippen LogP contribution in [0.3, 0.4) is 0 Å². The second-order valence-electron chi connectivity index (χ2n) is 7.43. The van der Waals surface area contributed by atoms with Crippen molar-refractivity contribution in [3.05, 3.63) is 54.1 Å². The number of methoxy groups -OCH3 is 1. The molecule has 0 saturated carbocycles. The van der Waals surface area contributed by atoms with E-state index in [2.05, 4.69) is 12.2 Å². The second kappa shape index (κ2) is 11.0. The van der Waals surface area contributed by atoms with Crippen molar-refractivity contribution in [1.82, 2.24) is 0 Å². The third-order valence-electron chi connectivity index (χ3n) is 5.14. The number of anilines is 2. The number of carbonyl (C=O) groups excluding carboxylic acids is 3. The van der Waals surface area contributed by atoms with Crippen LogP contribution in [0, 0.1) is 0 Å². The Morgan fingerprint density at radius 1 is 1.13 bits per heavy atom. The third-order valence-corrected chi connectivity index (χ3v) is 6.35. The van der Waals surface area contributed by atoms with E-state index in [4.69, 9.17) is 4.74 Å². The molecule has 1 fully saturated rings. The Kier molecular flexibility index (Phi) is 8.12. The first-order valence-corrected chi connectivity index (χ1v) is 11.6. The molecule has 1 N–H and O–H groups in total. The number of rotatable bonds is 10. The molecule has 3 rings (SSSR count). The number of hydrogen-bond acceptors (Lipinski definition) is 5.